The maximum atomic E-state index is 13.1. The SMILES string of the molecule is CC(=O)N[C@H](Cc1ccc(O)cc1)[C@@H]1C[C@H]1[C@H](C)C(=O)NC1CC(C)(C)N(N=O)C(C)(C)C1. The number of nitrogens with one attached hydrogen (secondary N) is 2. The topological polar surface area (TPSA) is 111 Å². The first-order chi connectivity index (χ1) is 15.3. The van der Waals surface area contributed by atoms with Crippen molar-refractivity contribution >= 4 is 11.8 Å². The lowest BCUT2D eigenvalue weighted by Gasteiger charge is -2.51. The molecule has 2 fully saturated rings. The van der Waals surface area contributed by atoms with E-state index < -0.39 is 11.1 Å². The van der Waals surface area contributed by atoms with Gasteiger partial charge in [0.15, 0.2) is 0 Å². The molecule has 182 valence electrons. The number of amides is 2. The molecule has 1 aromatic rings. The number of phenolic OH excluding ortho intramolecular Hbond substituents is 1. The van der Waals surface area contributed by atoms with Gasteiger partial charge in [-0.25, -0.2) is 5.01 Å². The molecule has 1 saturated carbocycles. The molecule has 2 amide bonds. The molecule has 1 aromatic carbocycles. The Morgan fingerprint density at radius 3 is 2.21 bits per heavy atom. The standard InChI is InChI=1S/C25H38N4O4/c1-15(23(32)27-18-13-24(3,4)29(28-33)25(5,6)14-18)20-12-21(20)22(26-16(2)30)11-17-7-9-19(31)10-8-17/h7-10,15,18,20-22,31H,11-14H2,1-6H3,(H,26,30)(H,27,32)/t15-,20-,21+,22+/m0/s1. The maximum absolute atomic E-state index is 13.1. The molecule has 3 rings (SSSR count). The van der Waals surface area contributed by atoms with Crippen molar-refractivity contribution in [3.63, 3.8) is 0 Å². The summed E-state index contributed by atoms with van der Waals surface area (Å²) < 4.78 is 0. The summed E-state index contributed by atoms with van der Waals surface area (Å²) in [5.41, 5.74) is 0.162. The minimum Gasteiger partial charge on any atom is -0.508 e. The van der Waals surface area contributed by atoms with E-state index in [0.29, 0.717) is 19.3 Å². The quantitative estimate of drug-likeness (QED) is 0.516. The first-order valence-electron chi connectivity index (χ1n) is 11.8. The molecular formula is C25H38N4O4. The van der Waals surface area contributed by atoms with Crippen LogP contribution in [-0.4, -0.2) is 45.1 Å². The Balaban J connectivity index is 1.62. The van der Waals surface area contributed by atoms with Gasteiger partial charge in [-0.2, -0.15) is 0 Å². The molecule has 1 saturated heterocycles. The molecule has 1 heterocycles. The maximum Gasteiger partial charge on any atom is 0.223 e. The monoisotopic (exact) mass is 458 g/mol. The highest BCUT2D eigenvalue weighted by atomic mass is 16.3. The number of nitroso groups, excluding NO2 is 1. The third-order valence-electron chi connectivity index (χ3n) is 7.31. The van der Waals surface area contributed by atoms with Gasteiger partial charge in [0, 0.05) is 24.9 Å². The number of carbonyl (C=O) groups is 2. The van der Waals surface area contributed by atoms with Gasteiger partial charge in [-0.1, -0.05) is 19.1 Å². The van der Waals surface area contributed by atoms with Gasteiger partial charge in [0.2, 0.25) is 11.8 Å². The predicted molar refractivity (Wildman–Crippen MR) is 127 cm³/mol. The van der Waals surface area contributed by atoms with E-state index in [1.54, 1.807) is 17.1 Å². The summed E-state index contributed by atoms with van der Waals surface area (Å²) in [7, 11) is 0. The minimum atomic E-state index is -0.437. The fourth-order valence-electron chi connectivity index (χ4n) is 5.85. The zero-order chi connectivity index (χ0) is 24.6. The number of nitrogens with zero attached hydrogens (tertiary/aromatic N) is 2. The van der Waals surface area contributed by atoms with E-state index in [9.17, 15) is 19.6 Å². The van der Waals surface area contributed by atoms with Crippen LogP contribution in [0.2, 0.25) is 0 Å². The van der Waals surface area contributed by atoms with E-state index in [2.05, 4.69) is 15.9 Å². The number of hydrogen-bond donors (Lipinski definition) is 3. The smallest absolute Gasteiger partial charge is 0.223 e. The summed E-state index contributed by atoms with van der Waals surface area (Å²) in [6, 6.07) is 6.95. The molecule has 33 heavy (non-hydrogen) atoms. The van der Waals surface area contributed by atoms with E-state index in [1.807, 2.05) is 46.8 Å². The molecule has 0 spiro atoms. The van der Waals surface area contributed by atoms with Crippen molar-refractivity contribution in [2.24, 2.45) is 23.0 Å². The second-order valence-electron chi connectivity index (χ2n) is 11.2. The summed E-state index contributed by atoms with van der Waals surface area (Å²) in [5, 5.41) is 20.7. The van der Waals surface area contributed by atoms with Gasteiger partial charge in [-0.15, -0.1) is 4.91 Å². The van der Waals surface area contributed by atoms with Crippen LogP contribution in [0.3, 0.4) is 0 Å². The van der Waals surface area contributed by atoms with Crippen LogP contribution in [0.25, 0.3) is 0 Å². The average Bonchev–Trinajstić information content (AvgIpc) is 3.47. The van der Waals surface area contributed by atoms with Crippen molar-refractivity contribution in [3.8, 4) is 5.75 Å². The van der Waals surface area contributed by atoms with Crippen LogP contribution in [0.5, 0.6) is 5.75 Å². The number of aromatic hydroxyl groups is 1. The molecule has 4 atom stereocenters. The summed E-state index contributed by atoms with van der Waals surface area (Å²) >= 11 is 0. The Morgan fingerprint density at radius 2 is 1.70 bits per heavy atom. The van der Waals surface area contributed by atoms with Crippen LogP contribution in [0.4, 0.5) is 0 Å². The van der Waals surface area contributed by atoms with E-state index in [1.165, 1.54) is 6.92 Å². The predicted octanol–water partition coefficient (Wildman–Crippen LogP) is 3.53. The Labute approximate surface area is 196 Å². The van der Waals surface area contributed by atoms with E-state index in [-0.39, 0.29) is 47.4 Å². The van der Waals surface area contributed by atoms with E-state index in [4.69, 9.17) is 0 Å². The van der Waals surface area contributed by atoms with Gasteiger partial charge < -0.3 is 15.7 Å². The third-order valence-corrected chi connectivity index (χ3v) is 7.31. The fraction of sp³-hybridized carbons (Fsp3) is 0.680. The lowest BCUT2D eigenvalue weighted by Crippen LogP contribution is -2.62. The number of carbonyl (C=O) groups excluding carboxylic acids is 2. The lowest BCUT2D eigenvalue weighted by molar-refractivity contribution is -0.127. The van der Waals surface area contributed by atoms with Gasteiger partial charge in [-0.05, 0) is 82.9 Å². The zero-order valence-electron chi connectivity index (χ0n) is 20.6. The molecule has 3 N–H and O–H groups in total. The Morgan fingerprint density at radius 1 is 1.12 bits per heavy atom. The Kier molecular flexibility index (Phi) is 7.05. The highest BCUT2D eigenvalue weighted by molar-refractivity contribution is 5.79. The van der Waals surface area contributed by atoms with Gasteiger partial charge in [0.05, 0.1) is 16.4 Å². The summed E-state index contributed by atoms with van der Waals surface area (Å²) in [4.78, 5) is 36.3. The number of piperidine rings is 1. The molecule has 0 aromatic heterocycles. The zero-order valence-corrected chi connectivity index (χ0v) is 20.6. The Hall–Kier alpha value is -2.64. The normalized spacial score (nSPS) is 25.6. The molecule has 2 aliphatic rings. The van der Waals surface area contributed by atoms with Crippen molar-refractivity contribution in [2.45, 2.75) is 90.4 Å². The highest BCUT2D eigenvalue weighted by Gasteiger charge is 2.50. The van der Waals surface area contributed by atoms with Gasteiger partial charge in [0.1, 0.15) is 5.75 Å². The molecule has 1 aliphatic carbocycles. The van der Waals surface area contributed by atoms with Gasteiger partial charge in [-0.3, -0.25) is 9.59 Å². The molecule has 0 radical (unpaired) electrons. The largest absolute Gasteiger partial charge is 0.508 e. The Bertz CT molecular complexity index is 865. The van der Waals surface area contributed by atoms with Crippen molar-refractivity contribution in [3.05, 3.63) is 34.7 Å². The van der Waals surface area contributed by atoms with Crippen LogP contribution in [0, 0.1) is 22.7 Å². The van der Waals surface area contributed by atoms with Crippen molar-refractivity contribution < 1.29 is 14.7 Å². The van der Waals surface area contributed by atoms with Gasteiger partial charge >= 0.3 is 0 Å². The molecule has 8 heteroatoms. The van der Waals surface area contributed by atoms with Crippen LogP contribution >= 0.6 is 0 Å². The minimum absolute atomic E-state index is 0.0247. The highest BCUT2D eigenvalue weighted by Crippen LogP contribution is 2.47. The second-order valence-corrected chi connectivity index (χ2v) is 11.2. The average molecular weight is 459 g/mol. The van der Waals surface area contributed by atoms with Crippen molar-refractivity contribution in [1.29, 1.82) is 0 Å². The van der Waals surface area contributed by atoms with Crippen LogP contribution in [0.1, 0.15) is 66.4 Å². The van der Waals surface area contributed by atoms with Crippen molar-refractivity contribution in [1.82, 2.24) is 15.6 Å². The molecule has 0 bridgehead atoms. The first kappa shape index (κ1) is 25.0. The number of hydrogen-bond acceptors (Lipinski definition) is 5. The lowest BCUT2D eigenvalue weighted by atomic mass is 9.78. The number of benzene rings is 1. The number of rotatable bonds is 8. The third kappa shape index (κ3) is 5.84. The molecule has 0 unspecified atom stereocenters. The molecular weight excluding hydrogens is 420 g/mol. The van der Waals surface area contributed by atoms with Crippen LogP contribution in [0.15, 0.2) is 29.6 Å². The van der Waals surface area contributed by atoms with Crippen LogP contribution < -0.4 is 10.6 Å². The second kappa shape index (κ2) is 9.31. The van der Waals surface area contributed by atoms with Crippen LogP contribution in [-0.2, 0) is 16.0 Å². The van der Waals surface area contributed by atoms with Gasteiger partial charge in [0.25, 0.3) is 0 Å². The van der Waals surface area contributed by atoms with E-state index in [0.717, 1.165) is 12.0 Å². The number of phenols is 1. The van der Waals surface area contributed by atoms with Crippen molar-refractivity contribution in [2.75, 3.05) is 0 Å². The summed E-state index contributed by atoms with van der Waals surface area (Å²) in [6.45, 7) is 11.4. The molecule has 8 nitrogen and oxygen atoms in total. The fourth-order valence-corrected chi connectivity index (χ4v) is 5.85. The van der Waals surface area contributed by atoms with E-state index >= 15 is 0 Å². The first-order valence-corrected chi connectivity index (χ1v) is 11.8. The summed E-state index contributed by atoms with van der Waals surface area (Å²) in [6.07, 6.45) is 2.87. The summed E-state index contributed by atoms with van der Waals surface area (Å²) in [5.74, 6) is 0.429. The molecule has 1 aliphatic heterocycles.